The summed E-state index contributed by atoms with van der Waals surface area (Å²) in [6.07, 6.45) is 4.00. The third-order valence-electron chi connectivity index (χ3n) is 2.93. The fourth-order valence-electron chi connectivity index (χ4n) is 2.06. The lowest BCUT2D eigenvalue weighted by Crippen LogP contribution is -2.25. The SMILES string of the molecule is O[C@H]1CCCC(OCc2ccccc2)C1. The minimum absolute atomic E-state index is 0.153. The molecule has 0 aliphatic heterocycles. The Balaban J connectivity index is 1.78. The molecule has 0 saturated heterocycles. The molecule has 0 heterocycles. The number of hydrogen-bond donors (Lipinski definition) is 1. The van der Waals surface area contributed by atoms with Gasteiger partial charge in [-0.1, -0.05) is 30.3 Å². The molecule has 0 aromatic heterocycles. The van der Waals surface area contributed by atoms with Gasteiger partial charge in [0.15, 0.2) is 0 Å². The molecule has 1 aromatic carbocycles. The fourth-order valence-corrected chi connectivity index (χ4v) is 2.06. The Bertz CT molecular complexity index is 284. The van der Waals surface area contributed by atoms with E-state index >= 15 is 0 Å². The Morgan fingerprint density at radius 3 is 2.73 bits per heavy atom. The Morgan fingerprint density at radius 1 is 1.20 bits per heavy atom. The smallest absolute Gasteiger partial charge is 0.0720 e. The quantitative estimate of drug-likeness (QED) is 0.823. The highest BCUT2D eigenvalue weighted by atomic mass is 16.5. The summed E-state index contributed by atoms with van der Waals surface area (Å²) in [7, 11) is 0. The molecule has 2 rings (SSSR count). The maximum Gasteiger partial charge on any atom is 0.0720 e. The summed E-state index contributed by atoms with van der Waals surface area (Å²) in [5, 5.41) is 9.50. The van der Waals surface area contributed by atoms with Crippen LogP contribution in [-0.4, -0.2) is 17.3 Å². The van der Waals surface area contributed by atoms with E-state index in [0.29, 0.717) is 6.61 Å². The van der Waals surface area contributed by atoms with Crippen LogP contribution in [0.4, 0.5) is 0 Å². The highest BCUT2D eigenvalue weighted by Gasteiger charge is 2.20. The first-order valence-corrected chi connectivity index (χ1v) is 5.68. The van der Waals surface area contributed by atoms with Crippen molar-refractivity contribution in [1.29, 1.82) is 0 Å². The van der Waals surface area contributed by atoms with Crippen molar-refractivity contribution >= 4 is 0 Å². The van der Waals surface area contributed by atoms with Crippen LogP contribution >= 0.6 is 0 Å². The van der Waals surface area contributed by atoms with Gasteiger partial charge in [-0.3, -0.25) is 0 Å². The van der Waals surface area contributed by atoms with Gasteiger partial charge >= 0.3 is 0 Å². The van der Waals surface area contributed by atoms with Crippen LogP contribution in [0.15, 0.2) is 30.3 Å². The summed E-state index contributed by atoms with van der Waals surface area (Å²) in [5.74, 6) is 0. The van der Waals surface area contributed by atoms with E-state index in [4.69, 9.17) is 4.74 Å². The van der Waals surface area contributed by atoms with Crippen molar-refractivity contribution in [3.05, 3.63) is 35.9 Å². The zero-order valence-corrected chi connectivity index (χ0v) is 8.93. The first-order chi connectivity index (χ1) is 7.34. The van der Waals surface area contributed by atoms with Gasteiger partial charge in [0, 0.05) is 0 Å². The van der Waals surface area contributed by atoms with Crippen LogP contribution in [0.2, 0.25) is 0 Å². The number of rotatable bonds is 3. The van der Waals surface area contributed by atoms with Gasteiger partial charge in [0.05, 0.1) is 18.8 Å². The van der Waals surface area contributed by atoms with Gasteiger partial charge in [0.1, 0.15) is 0 Å². The maximum absolute atomic E-state index is 9.50. The lowest BCUT2D eigenvalue weighted by Gasteiger charge is -2.25. The van der Waals surface area contributed by atoms with Crippen LogP contribution in [0.25, 0.3) is 0 Å². The zero-order chi connectivity index (χ0) is 10.5. The second-order valence-electron chi connectivity index (χ2n) is 4.24. The minimum atomic E-state index is -0.153. The first-order valence-electron chi connectivity index (χ1n) is 5.68. The van der Waals surface area contributed by atoms with Crippen LogP contribution in [-0.2, 0) is 11.3 Å². The molecule has 82 valence electrons. The zero-order valence-electron chi connectivity index (χ0n) is 8.93. The van der Waals surface area contributed by atoms with E-state index in [1.807, 2.05) is 18.2 Å². The molecular weight excluding hydrogens is 188 g/mol. The average Bonchev–Trinajstić information content (AvgIpc) is 2.28. The standard InChI is InChI=1S/C13H18O2/c14-12-7-4-8-13(9-12)15-10-11-5-2-1-3-6-11/h1-3,5-6,12-14H,4,7-10H2/t12-,13?/m0/s1. The minimum Gasteiger partial charge on any atom is -0.393 e. The van der Waals surface area contributed by atoms with E-state index < -0.39 is 0 Å². The molecule has 2 nitrogen and oxygen atoms in total. The van der Waals surface area contributed by atoms with E-state index in [2.05, 4.69) is 12.1 Å². The summed E-state index contributed by atoms with van der Waals surface area (Å²) in [6, 6.07) is 10.2. The monoisotopic (exact) mass is 206 g/mol. The topological polar surface area (TPSA) is 29.5 Å². The van der Waals surface area contributed by atoms with Crippen molar-refractivity contribution in [3.8, 4) is 0 Å². The van der Waals surface area contributed by atoms with Crippen LogP contribution in [0.1, 0.15) is 31.2 Å². The predicted octanol–water partition coefficient (Wildman–Crippen LogP) is 2.51. The molecular formula is C13H18O2. The van der Waals surface area contributed by atoms with Gasteiger partial charge in [0.2, 0.25) is 0 Å². The summed E-state index contributed by atoms with van der Waals surface area (Å²) in [6.45, 7) is 0.665. The van der Waals surface area contributed by atoms with Crippen molar-refractivity contribution in [2.24, 2.45) is 0 Å². The molecule has 1 aliphatic carbocycles. The van der Waals surface area contributed by atoms with E-state index in [1.165, 1.54) is 5.56 Å². The third kappa shape index (κ3) is 3.33. The molecule has 1 aromatic rings. The molecule has 1 N–H and O–H groups in total. The van der Waals surface area contributed by atoms with Gasteiger partial charge in [0.25, 0.3) is 0 Å². The normalized spacial score (nSPS) is 26.5. The molecule has 0 bridgehead atoms. The van der Waals surface area contributed by atoms with E-state index in [-0.39, 0.29) is 12.2 Å². The maximum atomic E-state index is 9.50. The van der Waals surface area contributed by atoms with Crippen molar-refractivity contribution in [1.82, 2.24) is 0 Å². The summed E-state index contributed by atoms with van der Waals surface area (Å²) >= 11 is 0. The van der Waals surface area contributed by atoms with Crippen LogP contribution in [0.5, 0.6) is 0 Å². The molecule has 0 radical (unpaired) electrons. The number of benzene rings is 1. The average molecular weight is 206 g/mol. The Kier molecular flexibility index (Phi) is 3.75. The summed E-state index contributed by atoms with van der Waals surface area (Å²) in [5.41, 5.74) is 1.21. The van der Waals surface area contributed by atoms with Gasteiger partial charge in [-0.05, 0) is 31.2 Å². The second kappa shape index (κ2) is 5.29. The van der Waals surface area contributed by atoms with Gasteiger partial charge in [-0.2, -0.15) is 0 Å². The van der Waals surface area contributed by atoms with Crippen LogP contribution in [0, 0.1) is 0 Å². The molecule has 0 amide bonds. The molecule has 2 atom stereocenters. The molecule has 1 saturated carbocycles. The molecule has 15 heavy (non-hydrogen) atoms. The Labute approximate surface area is 90.9 Å². The second-order valence-corrected chi connectivity index (χ2v) is 4.24. The molecule has 1 aliphatic rings. The van der Waals surface area contributed by atoms with E-state index in [1.54, 1.807) is 0 Å². The van der Waals surface area contributed by atoms with Crippen molar-refractivity contribution < 1.29 is 9.84 Å². The summed E-state index contributed by atoms with van der Waals surface area (Å²) < 4.78 is 5.78. The lowest BCUT2D eigenvalue weighted by molar-refractivity contribution is -0.0228. The molecule has 2 heteroatoms. The number of aliphatic hydroxyl groups is 1. The van der Waals surface area contributed by atoms with E-state index in [9.17, 15) is 5.11 Å². The molecule has 0 spiro atoms. The predicted molar refractivity (Wildman–Crippen MR) is 59.5 cm³/mol. The molecule has 1 unspecified atom stereocenters. The molecule has 1 fully saturated rings. The van der Waals surface area contributed by atoms with Gasteiger partial charge in [-0.15, -0.1) is 0 Å². The number of hydrogen-bond acceptors (Lipinski definition) is 2. The van der Waals surface area contributed by atoms with Gasteiger partial charge < -0.3 is 9.84 Å². The Hall–Kier alpha value is -0.860. The lowest BCUT2D eigenvalue weighted by atomic mass is 9.95. The van der Waals surface area contributed by atoms with Crippen molar-refractivity contribution in [2.45, 2.75) is 44.5 Å². The highest BCUT2D eigenvalue weighted by Crippen LogP contribution is 2.21. The fraction of sp³-hybridized carbons (Fsp3) is 0.538. The Morgan fingerprint density at radius 2 is 2.00 bits per heavy atom. The summed E-state index contributed by atoms with van der Waals surface area (Å²) in [4.78, 5) is 0. The van der Waals surface area contributed by atoms with Gasteiger partial charge in [-0.25, -0.2) is 0 Å². The highest BCUT2D eigenvalue weighted by molar-refractivity contribution is 5.13. The van der Waals surface area contributed by atoms with Crippen molar-refractivity contribution in [2.75, 3.05) is 0 Å². The van der Waals surface area contributed by atoms with Crippen LogP contribution < -0.4 is 0 Å². The van der Waals surface area contributed by atoms with Crippen molar-refractivity contribution in [3.63, 3.8) is 0 Å². The number of aliphatic hydroxyl groups excluding tert-OH is 1. The van der Waals surface area contributed by atoms with E-state index in [0.717, 1.165) is 25.7 Å². The van der Waals surface area contributed by atoms with Crippen LogP contribution in [0.3, 0.4) is 0 Å². The largest absolute Gasteiger partial charge is 0.393 e. The third-order valence-corrected chi connectivity index (χ3v) is 2.93. The number of ether oxygens (including phenoxy) is 1. The first kappa shape index (κ1) is 10.7.